The largest absolute Gasteiger partial charge is 0.416 e. The molecule has 0 atom stereocenters. The van der Waals surface area contributed by atoms with Crippen molar-refractivity contribution in [3.05, 3.63) is 99.6 Å². The van der Waals surface area contributed by atoms with Gasteiger partial charge in [-0.2, -0.15) is 13.2 Å². The third kappa shape index (κ3) is 6.80. The maximum Gasteiger partial charge on any atom is 0.416 e. The molecule has 0 aliphatic carbocycles. The van der Waals surface area contributed by atoms with Gasteiger partial charge in [0.25, 0.3) is 5.91 Å². The first-order valence-electron chi connectivity index (χ1n) is 11.8. The first-order valence-corrected chi connectivity index (χ1v) is 13.1. The Kier molecular flexibility index (Phi) is 8.79. The number of nitrogens with one attached hydrogen (secondary N) is 2. The van der Waals surface area contributed by atoms with Gasteiger partial charge in [0, 0.05) is 5.56 Å². The van der Waals surface area contributed by atoms with Gasteiger partial charge in [-0.1, -0.05) is 41.6 Å². The number of halogens is 5. The maximum atomic E-state index is 13.5. The van der Waals surface area contributed by atoms with E-state index in [1.165, 1.54) is 18.2 Å². The molecular weight excluding hydrogens is 570 g/mol. The molecule has 4 aromatic rings. The van der Waals surface area contributed by atoms with Gasteiger partial charge in [-0.05, 0) is 67.4 Å². The van der Waals surface area contributed by atoms with Crippen LogP contribution in [0.2, 0.25) is 5.02 Å². The summed E-state index contributed by atoms with van der Waals surface area (Å²) >= 11 is 6.99. The number of thioether (sulfide) groups is 1. The zero-order valence-corrected chi connectivity index (χ0v) is 22.7. The van der Waals surface area contributed by atoms with E-state index in [1.54, 1.807) is 4.57 Å². The number of benzene rings is 3. The molecule has 0 saturated heterocycles. The molecule has 2 N–H and O–H groups in total. The number of aromatic nitrogens is 3. The minimum atomic E-state index is -4.60. The van der Waals surface area contributed by atoms with Crippen molar-refractivity contribution in [1.29, 1.82) is 0 Å². The average molecular weight is 592 g/mol. The van der Waals surface area contributed by atoms with Crippen molar-refractivity contribution in [3.8, 4) is 5.69 Å². The SMILES string of the molecule is Cc1cccc(-n2c(CNC(=O)c3cccc(F)c3)nnc2SCC(=O)Nc2cc(C(F)(F)F)ccc2Cl)c1C. The van der Waals surface area contributed by atoms with Crippen LogP contribution in [-0.4, -0.2) is 32.3 Å². The molecule has 4 rings (SSSR count). The van der Waals surface area contributed by atoms with E-state index >= 15 is 0 Å². The second kappa shape index (κ2) is 12.1. The monoisotopic (exact) mass is 591 g/mol. The fourth-order valence-electron chi connectivity index (χ4n) is 3.73. The van der Waals surface area contributed by atoms with Crippen molar-refractivity contribution in [2.75, 3.05) is 11.1 Å². The standard InChI is InChI=1S/C27H22ClF4N5O2S/c1-15-5-3-8-22(16(15)2)37-23(13-33-25(39)17-6-4-7-19(29)11-17)35-36-26(37)40-14-24(38)34-21-12-18(27(30,31)32)9-10-20(21)28/h3-12H,13-14H2,1-2H3,(H,33,39)(H,34,38). The van der Waals surface area contributed by atoms with Crippen molar-refractivity contribution in [2.45, 2.75) is 31.7 Å². The third-order valence-electron chi connectivity index (χ3n) is 5.91. The van der Waals surface area contributed by atoms with E-state index in [2.05, 4.69) is 20.8 Å². The van der Waals surface area contributed by atoms with Crippen LogP contribution in [-0.2, 0) is 17.5 Å². The van der Waals surface area contributed by atoms with E-state index in [1.807, 2.05) is 32.0 Å². The summed E-state index contributed by atoms with van der Waals surface area (Å²) in [6.45, 7) is 3.77. The van der Waals surface area contributed by atoms with E-state index < -0.39 is 29.4 Å². The van der Waals surface area contributed by atoms with Crippen LogP contribution >= 0.6 is 23.4 Å². The topological polar surface area (TPSA) is 88.9 Å². The van der Waals surface area contributed by atoms with Crippen molar-refractivity contribution in [2.24, 2.45) is 0 Å². The van der Waals surface area contributed by atoms with E-state index in [4.69, 9.17) is 11.6 Å². The first-order chi connectivity index (χ1) is 18.9. The zero-order chi connectivity index (χ0) is 29.0. The number of aryl methyl sites for hydroxylation is 1. The van der Waals surface area contributed by atoms with Gasteiger partial charge < -0.3 is 10.6 Å². The number of carbonyl (C=O) groups excluding carboxylic acids is 2. The first kappa shape index (κ1) is 29.1. The lowest BCUT2D eigenvalue weighted by Gasteiger charge is -2.15. The van der Waals surface area contributed by atoms with Gasteiger partial charge in [-0.25, -0.2) is 4.39 Å². The summed E-state index contributed by atoms with van der Waals surface area (Å²) in [5.74, 6) is -1.54. The van der Waals surface area contributed by atoms with Crippen LogP contribution in [0.3, 0.4) is 0 Å². The molecule has 0 aliphatic rings. The Labute approximate surface area is 235 Å². The summed E-state index contributed by atoms with van der Waals surface area (Å²) in [5.41, 5.74) is 1.62. The molecule has 0 fully saturated rings. The fourth-order valence-corrected chi connectivity index (χ4v) is 4.66. The highest BCUT2D eigenvalue weighted by Crippen LogP contribution is 2.34. The summed E-state index contributed by atoms with van der Waals surface area (Å²) in [6, 6.07) is 13.5. The molecule has 13 heteroatoms. The van der Waals surface area contributed by atoms with Crippen LogP contribution in [0, 0.1) is 19.7 Å². The predicted octanol–water partition coefficient (Wildman–Crippen LogP) is 6.36. The average Bonchev–Trinajstić information content (AvgIpc) is 3.30. The molecule has 40 heavy (non-hydrogen) atoms. The lowest BCUT2D eigenvalue weighted by Crippen LogP contribution is -2.25. The third-order valence-corrected chi connectivity index (χ3v) is 7.17. The Morgan fingerprint density at radius 3 is 2.50 bits per heavy atom. The van der Waals surface area contributed by atoms with E-state index in [0.29, 0.717) is 16.7 Å². The van der Waals surface area contributed by atoms with Crippen LogP contribution in [0.1, 0.15) is 32.9 Å². The van der Waals surface area contributed by atoms with E-state index in [0.717, 1.165) is 47.2 Å². The van der Waals surface area contributed by atoms with Crippen LogP contribution in [0.4, 0.5) is 23.2 Å². The lowest BCUT2D eigenvalue weighted by atomic mass is 10.1. The number of nitrogens with zero attached hydrogens (tertiary/aromatic N) is 3. The molecule has 0 radical (unpaired) electrons. The van der Waals surface area contributed by atoms with Gasteiger partial charge >= 0.3 is 6.18 Å². The minimum Gasteiger partial charge on any atom is -0.345 e. The Balaban J connectivity index is 1.55. The molecule has 1 heterocycles. The number of amides is 2. The van der Waals surface area contributed by atoms with Gasteiger partial charge in [-0.3, -0.25) is 14.2 Å². The molecule has 3 aromatic carbocycles. The van der Waals surface area contributed by atoms with Crippen molar-refractivity contribution >= 4 is 40.9 Å². The van der Waals surface area contributed by atoms with Crippen molar-refractivity contribution < 1.29 is 27.2 Å². The second-order valence-corrected chi connectivity index (χ2v) is 10.0. The highest BCUT2D eigenvalue weighted by Gasteiger charge is 2.31. The summed E-state index contributed by atoms with van der Waals surface area (Å²) in [4.78, 5) is 25.2. The number of anilines is 1. The number of rotatable bonds is 8. The number of hydrogen-bond donors (Lipinski definition) is 2. The van der Waals surface area contributed by atoms with Crippen LogP contribution in [0.25, 0.3) is 5.69 Å². The molecule has 0 spiro atoms. The summed E-state index contributed by atoms with van der Waals surface area (Å²) in [6.07, 6.45) is -4.60. The van der Waals surface area contributed by atoms with Gasteiger partial charge in [0.05, 0.1) is 34.3 Å². The van der Waals surface area contributed by atoms with Crippen molar-refractivity contribution in [3.63, 3.8) is 0 Å². The van der Waals surface area contributed by atoms with Gasteiger partial charge in [-0.15, -0.1) is 10.2 Å². The predicted molar refractivity (Wildman–Crippen MR) is 144 cm³/mol. The van der Waals surface area contributed by atoms with E-state index in [-0.39, 0.29) is 28.6 Å². The molecule has 208 valence electrons. The fraction of sp³-hybridized carbons (Fsp3) is 0.185. The minimum absolute atomic E-state index is 0.0405. The van der Waals surface area contributed by atoms with Gasteiger partial charge in [0.1, 0.15) is 5.82 Å². The van der Waals surface area contributed by atoms with Crippen LogP contribution < -0.4 is 10.6 Å². The summed E-state index contributed by atoms with van der Waals surface area (Å²) in [7, 11) is 0. The summed E-state index contributed by atoms with van der Waals surface area (Å²) in [5, 5.41) is 13.7. The Morgan fingerprint density at radius 1 is 1.02 bits per heavy atom. The molecular formula is C27H22ClF4N5O2S. The molecule has 0 unspecified atom stereocenters. The van der Waals surface area contributed by atoms with Crippen LogP contribution in [0.5, 0.6) is 0 Å². The highest BCUT2D eigenvalue weighted by atomic mass is 35.5. The van der Waals surface area contributed by atoms with Crippen LogP contribution in [0.15, 0.2) is 65.8 Å². The molecule has 1 aromatic heterocycles. The molecule has 0 saturated carbocycles. The molecule has 0 bridgehead atoms. The van der Waals surface area contributed by atoms with Crippen molar-refractivity contribution in [1.82, 2.24) is 20.1 Å². The Morgan fingerprint density at radius 2 is 1.77 bits per heavy atom. The Hall–Kier alpha value is -3.90. The normalized spacial score (nSPS) is 11.4. The Bertz CT molecular complexity index is 1580. The molecule has 7 nitrogen and oxygen atoms in total. The number of carbonyl (C=O) groups is 2. The van der Waals surface area contributed by atoms with Gasteiger partial charge in [0.15, 0.2) is 11.0 Å². The second-order valence-electron chi connectivity index (χ2n) is 8.68. The highest BCUT2D eigenvalue weighted by molar-refractivity contribution is 7.99. The quantitative estimate of drug-likeness (QED) is 0.184. The lowest BCUT2D eigenvalue weighted by molar-refractivity contribution is -0.137. The van der Waals surface area contributed by atoms with Gasteiger partial charge in [0.2, 0.25) is 5.91 Å². The summed E-state index contributed by atoms with van der Waals surface area (Å²) < 4.78 is 54.5. The zero-order valence-electron chi connectivity index (χ0n) is 21.1. The van der Waals surface area contributed by atoms with E-state index in [9.17, 15) is 27.2 Å². The number of hydrogen-bond acceptors (Lipinski definition) is 5. The maximum absolute atomic E-state index is 13.5. The molecule has 0 aliphatic heterocycles. The number of alkyl halides is 3. The smallest absolute Gasteiger partial charge is 0.345 e. The molecule has 2 amide bonds.